The van der Waals surface area contributed by atoms with Crippen LogP contribution in [0.3, 0.4) is 0 Å². The lowest BCUT2D eigenvalue weighted by Crippen LogP contribution is -2.21. The molecule has 0 radical (unpaired) electrons. The summed E-state index contributed by atoms with van der Waals surface area (Å²) in [5, 5.41) is 2.09. The van der Waals surface area contributed by atoms with Gasteiger partial charge in [-0.15, -0.1) is 11.3 Å². The zero-order valence-corrected chi connectivity index (χ0v) is 18.1. The van der Waals surface area contributed by atoms with Gasteiger partial charge in [0.2, 0.25) is 0 Å². The van der Waals surface area contributed by atoms with Gasteiger partial charge in [-0.1, -0.05) is 30.3 Å². The molecule has 2 aromatic carbocycles. The van der Waals surface area contributed by atoms with Crippen LogP contribution in [0.25, 0.3) is 10.2 Å². The van der Waals surface area contributed by atoms with E-state index < -0.39 is 0 Å². The number of Topliss-reactive ketones (excluding diaryl/α,β-unsaturated/α-hetero) is 1. The first-order chi connectivity index (χ1) is 15.2. The summed E-state index contributed by atoms with van der Waals surface area (Å²) in [4.78, 5) is 19.5. The van der Waals surface area contributed by atoms with Gasteiger partial charge >= 0.3 is 0 Å². The number of anilines is 1. The molecule has 0 amide bonds. The molecule has 1 aliphatic heterocycles. The number of nitrogens with zero attached hydrogens (tertiary/aromatic N) is 2. The molecule has 0 bridgehead atoms. The molecule has 5 rings (SSSR count). The number of pyridine rings is 1. The second-order valence-corrected chi connectivity index (χ2v) is 8.96. The maximum absolute atomic E-state index is 12.7. The van der Waals surface area contributed by atoms with E-state index in [2.05, 4.69) is 27.4 Å². The molecular formula is C26H24N2O2S. The van der Waals surface area contributed by atoms with Crippen LogP contribution < -0.4 is 9.64 Å². The lowest BCUT2D eigenvalue weighted by Gasteiger charge is -2.19. The largest absolute Gasteiger partial charge is 0.457 e. The lowest BCUT2D eigenvalue weighted by atomic mass is 9.98. The van der Waals surface area contributed by atoms with Gasteiger partial charge in [0.15, 0.2) is 0 Å². The smallest absolute Gasteiger partial charge is 0.137 e. The number of hydrogen-bond donors (Lipinski definition) is 0. The molecule has 156 valence electrons. The molecule has 4 nitrogen and oxygen atoms in total. The minimum Gasteiger partial charge on any atom is -0.457 e. The molecule has 0 aliphatic carbocycles. The summed E-state index contributed by atoms with van der Waals surface area (Å²) < 4.78 is 7.07. The number of rotatable bonds is 7. The van der Waals surface area contributed by atoms with E-state index in [1.807, 2.05) is 60.8 Å². The number of ether oxygens (including phenoxy) is 1. The molecule has 0 spiro atoms. The molecule has 5 heteroatoms. The second-order valence-electron chi connectivity index (χ2n) is 8.04. The van der Waals surface area contributed by atoms with Gasteiger partial charge in [-0.05, 0) is 59.7 Å². The number of aromatic nitrogens is 1. The normalized spacial score (nSPS) is 16.0. The Kier molecular flexibility index (Phi) is 5.67. The maximum atomic E-state index is 12.7. The number of ketones is 1. The van der Waals surface area contributed by atoms with Crippen LogP contribution in [0.4, 0.5) is 5.69 Å². The number of thiophene rings is 1. The van der Waals surface area contributed by atoms with Crippen molar-refractivity contribution in [2.45, 2.75) is 19.3 Å². The summed E-state index contributed by atoms with van der Waals surface area (Å²) in [6.07, 6.45) is 4.06. The number of fused-ring (bicyclic) bond motifs is 1. The van der Waals surface area contributed by atoms with E-state index in [1.54, 1.807) is 11.3 Å². The van der Waals surface area contributed by atoms with E-state index in [0.29, 0.717) is 24.5 Å². The zero-order valence-electron chi connectivity index (χ0n) is 17.2. The first kappa shape index (κ1) is 19.8. The predicted molar refractivity (Wildman–Crippen MR) is 126 cm³/mol. The van der Waals surface area contributed by atoms with Crippen LogP contribution in [0.5, 0.6) is 11.5 Å². The first-order valence-electron chi connectivity index (χ1n) is 10.7. The Morgan fingerprint density at radius 1 is 1.03 bits per heavy atom. The first-order valence-corrected chi connectivity index (χ1v) is 11.5. The number of benzene rings is 2. The van der Waals surface area contributed by atoms with Gasteiger partial charge in [-0.2, -0.15) is 0 Å². The fourth-order valence-corrected chi connectivity index (χ4v) is 5.14. The second kappa shape index (κ2) is 8.90. The summed E-state index contributed by atoms with van der Waals surface area (Å²) in [5.41, 5.74) is 3.35. The highest BCUT2D eigenvalue weighted by molar-refractivity contribution is 7.17. The van der Waals surface area contributed by atoms with Gasteiger partial charge in [0.05, 0.1) is 15.9 Å². The molecule has 1 aliphatic rings. The summed E-state index contributed by atoms with van der Waals surface area (Å²) in [7, 11) is 0. The van der Waals surface area contributed by atoms with Gasteiger partial charge < -0.3 is 9.64 Å². The average molecular weight is 429 g/mol. The highest BCUT2D eigenvalue weighted by Gasteiger charge is 2.26. The third-order valence-electron chi connectivity index (χ3n) is 5.77. The van der Waals surface area contributed by atoms with Crippen LogP contribution in [0.1, 0.15) is 18.4 Å². The van der Waals surface area contributed by atoms with Crippen molar-refractivity contribution in [1.29, 1.82) is 0 Å². The van der Waals surface area contributed by atoms with Crippen molar-refractivity contribution in [3.8, 4) is 11.5 Å². The van der Waals surface area contributed by atoms with Crippen molar-refractivity contribution < 1.29 is 9.53 Å². The standard InChI is InChI=1S/C26H24N2O2S/c29-21(16-19-6-8-23(9-7-19)30-22-4-2-1-3-5-22)17-20-11-14-28(18-20)25-10-13-27-24-12-15-31-26(24)25/h1-10,12-13,15,20H,11,14,16-18H2. The fourth-order valence-electron chi connectivity index (χ4n) is 4.25. The Balaban J connectivity index is 1.15. The average Bonchev–Trinajstić information content (AvgIpc) is 3.45. The maximum Gasteiger partial charge on any atom is 0.137 e. The third-order valence-corrected chi connectivity index (χ3v) is 6.70. The summed E-state index contributed by atoms with van der Waals surface area (Å²) in [6.45, 7) is 1.94. The van der Waals surface area contributed by atoms with E-state index in [-0.39, 0.29) is 0 Å². The van der Waals surface area contributed by atoms with Crippen molar-refractivity contribution in [3.63, 3.8) is 0 Å². The molecule has 1 fully saturated rings. The van der Waals surface area contributed by atoms with Crippen molar-refractivity contribution in [2.75, 3.05) is 18.0 Å². The Hall–Kier alpha value is -3.18. The summed E-state index contributed by atoms with van der Waals surface area (Å²) in [6, 6.07) is 21.7. The van der Waals surface area contributed by atoms with Crippen molar-refractivity contribution in [2.24, 2.45) is 5.92 Å². The summed E-state index contributed by atoms with van der Waals surface area (Å²) >= 11 is 1.74. The van der Waals surface area contributed by atoms with Gasteiger partial charge in [0, 0.05) is 32.1 Å². The number of para-hydroxylation sites is 1. The molecule has 4 aromatic rings. The van der Waals surface area contributed by atoms with Gasteiger partial charge in [-0.25, -0.2) is 0 Å². The van der Waals surface area contributed by atoms with Crippen molar-refractivity contribution in [1.82, 2.24) is 4.98 Å². The number of carbonyl (C=O) groups excluding carboxylic acids is 1. The van der Waals surface area contributed by atoms with E-state index in [9.17, 15) is 4.79 Å². The highest BCUT2D eigenvalue weighted by atomic mass is 32.1. The van der Waals surface area contributed by atoms with Gasteiger partial charge in [0.1, 0.15) is 17.3 Å². The van der Waals surface area contributed by atoms with Gasteiger partial charge in [0.25, 0.3) is 0 Å². The molecule has 1 atom stereocenters. The molecular weight excluding hydrogens is 404 g/mol. The van der Waals surface area contributed by atoms with Crippen LogP contribution in [0.2, 0.25) is 0 Å². The van der Waals surface area contributed by atoms with Crippen LogP contribution in [0, 0.1) is 5.92 Å². The molecule has 0 N–H and O–H groups in total. The van der Waals surface area contributed by atoms with Crippen molar-refractivity contribution >= 4 is 33.0 Å². The van der Waals surface area contributed by atoms with E-state index >= 15 is 0 Å². The molecule has 0 saturated carbocycles. The molecule has 1 saturated heterocycles. The zero-order chi connectivity index (χ0) is 21.0. The van der Waals surface area contributed by atoms with E-state index in [1.165, 1.54) is 10.4 Å². The van der Waals surface area contributed by atoms with Crippen molar-refractivity contribution in [3.05, 3.63) is 83.9 Å². The number of hydrogen-bond acceptors (Lipinski definition) is 5. The predicted octanol–water partition coefficient (Wildman–Crippen LogP) is 6.12. The Morgan fingerprint density at radius 3 is 2.68 bits per heavy atom. The van der Waals surface area contributed by atoms with E-state index in [4.69, 9.17) is 4.74 Å². The van der Waals surface area contributed by atoms with Crippen LogP contribution in [0.15, 0.2) is 78.3 Å². The molecule has 31 heavy (non-hydrogen) atoms. The molecule has 1 unspecified atom stereocenters. The van der Waals surface area contributed by atoms with E-state index in [0.717, 1.165) is 42.1 Å². The quantitative estimate of drug-likeness (QED) is 0.356. The lowest BCUT2D eigenvalue weighted by molar-refractivity contribution is -0.119. The topological polar surface area (TPSA) is 42.4 Å². The minimum absolute atomic E-state index is 0.305. The SMILES string of the molecule is O=C(Cc1ccc(Oc2ccccc2)cc1)CC1CCN(c2ccnc3ccsc23)C1. The monoisotopic (exact) mass is 428 g/mol. The minimum atomic E-state index is 0.305. The van der Waals surface area contributed by atoms with Crippen LogP contribution >= 0.6 is 11.3 Å². The Morgan fingerprint density at radius 2 is 1.84 bits per heavy atom. The number of carbonyl (C=O) groups is 1. The third kappa shape index (κ3) is 4.62. The Bertz CT molecular complexity index is 1170. The fraction of sp³-hybridized carbons (Fsp3) is 0.231. The molecule has 2 aromatic heterocycles. The van der Waals surface area contributed by atoms with Gasteiger partial charge in [-0.3, -0.25) is 9.78 Å². The van der Waals surface area contributed by atoms with Crippen LogP contribution in [-0.2, 0) is 11.2 Å². The van der Waals surface area contributed by atoms with Crippen LogP contribution in [-0.4, -0.2) is 23.9 Å². The Labute approximate surface area is 186 Å². The summed E-state index contributed by atoms with van der Waals surface area (Å²) in [5.74, 6) is 2.31. The molecule has 3 heterocycles. The highest BCUT2D eigenvalue weighted by Crippen LogP contribution is 2.34.